The van der Waals surface area contributed by atoms with E-state index >= 15 is 0 Å². The van der Waals surface area contributed by atoms with E-state index in [-0.39, 0.29) is 11.8 Å². The fourth-order valence-corrected chi connectivity index (χ4v) is 3.33. The predicted octanol–water partition coefficient (Wildman–Crippen LogP) is 3.34. The second-order valence-electron chi connectivity index (χ2n) is 6.49. The molecule has 2 N–H and O–H groups in total. The van der Waals surface area contributed by atoms with Crippen molar-refractivity contribution in [2.75, 3.05) is 34.4 Å². The van der Waals surface area contributed by atoms with Crippen molar-refractivity contribution in [3.63, 3.8) is 0 Å². The van der Waals surface area contributed by atoms with Crippen LogP contribution in [-0.2, 0) is 11.2 Å². The van der Waals surface area contributed by atoms with Gasteiger partial charge in [-0.25, -0.2) is 0 Å². The normalized spacial score (nSPS) is 10.3. The SMILES string of the molecule is COc1ccc(C(=O)NCCCC(=O)NCCc2cc(OC)c(OC)cc2Br)cc1. The minimum atomic E-state index is -0.170. The maximum Gasteiger partial charge on any atom is 0.251 e. The van der Waals surface area contributed by atoms with Gasteiger partial charge in [-0.15, -0.1) is 0 Å². The summed E-state index contributed by atoms with van der Waals surface area (Å²) in [7, 11) is 4.75. The van der Waals surface area contributed by atoms with Crippen molar-refractivity contribution < 1.29 is 23.8 Å². The van der Waals surface area contributed by atoms with Gasteiger partial charge in [0.25, 0.3) is 5.91 Å². The first-order valence-corrected chi connectivity index (χ1v) is 10.4. The van der Waals surface area contributed by atoms with Gasteiger partial charge in [-0.2, -0.15) is 0 Å². The van der Waals surface area contributed by atoms with Crippen molar-refractivity contribution in [3.8, 4) is 17.2 Å². The number of halogens is 1. The van der Waals surface area contributed by atoms with E-state index < -0.39 is 0 Å². The lowest BCUT2D eigenvalue weighted by molar-refractivity contribution is -0.121. The number of ether oxygens (including phenoxy) is 3. The number of benzene rings is 2. The Labute approximate surface area is 185 Å². The summed E-state index contributed by atoms with van der Waals surface area (Å²) in [6, 6.07) is 10.6. The van der Waals surface area contributed by atoms with Crippen molar-refractivity contribution in [2.45, 2.75) is 19.3 Å². The molecule has 0 radical (unpaired) electrons. The Kier molecular flexibility index (Phi) is 9.47. The average Bonchev–Trinajstić information content (AvgIpc) is 2.77. The zero-order valence-corrected chi connectivity index (χ0v) is 19.0. The Morgan fingerprint density at radius 3 is 2.20 bits per heavy atom. The third kappa shape index (κ3) is 6.95. The minimum Gasteiger partial charge on any atom is -0.497 e. The van der Waals surface area contributed by atoms with Gasteiger partial charge in [0.15, 0.2) is 11.5 Å². The molecule has 0 saturated carbocycles. The van der Waals surface area contributed by atoms with E-state index in [1.807, 2.05) is 12.1 Å². The van der Waals surface area contributed by atoms with Crippen molar-refractivity contribution in [1.82, 2.24) is 10.6 Å². The van der Waals surface area contributed by atoms with Crippen LogP contribution in [0.3, 0.4) is 0 Å². The molecule has 0 bridgehead atoms. The van der Waals surface area contributed by atoms with E-state index in [1.54, 1.807) is 45.6 Å². The number of carbonyl (C=O) groups is 2. The molecule has 0 spiro atoms. The van der Waals surface area contributed by atoms with Crippen LogP contribution in [0.5, 0.6) is 17.2 Å². The monoisotopic (exact) mass is 478 g/mol. The van der Waals surface area contributed by atoms with Crippen LogP contribution in [0.15, 0.2) is 40.9 Å². The smallest absolute Gasteiger partial charge is 0.251 e. The minimum absolute atomic E-state index is 0.0507. The van der Waals surface area contributed by atoms with Crippen LogP contribution in [0.4, 0.5) is 0 Å². The summed E-state index contributed by atoms with van der Waals surface area (Å²) >= 11 is 3.52. The molecular weight excluding hydrogens is 452 g/mol. The Bertz CT molecular complexity index is 855. The number of nitrogens with one attached hydrogen (secondary N) is 2. The summed E-state index contributed by atoms with van der Waals surface area (Å²) in [6.07, 6.45) is 1.56. The lowest BCUT2D eigenvalue weighted by atomic mass is 10.1. The number of hydrogen-bond donors (Lipinski definition) is 2. The average molecular weight is 479 g/mol. The molecule has 30 heavy (non-hydrogen) atoms. The van der Waals surface area contributed by atoms with E-state index in [2.05, 4.69) is 26.6 Å². The van der Waals surface area contributed by atoms with Gasteiger partial charge >= 0.3 is 0 Å². The number of methoxy groups -OCH3 is 3. The number of carbonyl (C=O) groups excluding carboxylic acids is 2. The lowest BCUT2D eigenvalue weighted by Crippen LogP contribution is -2.28. The summed E-state index contributed by atoms with van der Waals surface area (Å²) in [5, 5.41) is 5.71. The quantitative estimate of drug-likeness (QED) is 0.483. The molecule has 0 saturated heterocycles. The second kappa shape index (κ2) is 12.1. The van der Waals surface area contributed by atoms with Gasteiger partial charge in [-0.1, -0.05) is 15.9 Å². The first-order valence-electron chi connectivity index (χ1n) is 9.57. The van der Waals surface area contributed by atoms with Crippen LogP contribution in [0.2, 0.25) is 0 Å². The Morgan fingerprint density at radius 1 is 0.900 bits per heavy atom. The van der Waals surface area contributed by atoms with Gasteiger partial charge in [0.1, 0.15) is 5.75 Å². The molecule has 8 heteroatoms. The second-order valence-corrected chi connectivity index (χ2v) is 7.34. The zero-order chi connectivity index (χ0) is 21.9. The molecule has 0 aliphatic heterocycles. The van der Waals surface area contributed by atoms with Gasteiger partial charge in [0.2, 0.25) is 5.91 Å². The standard InChI is InChI=1S/C22H27BrN2O5/c1-28-17-8-6-15(7-9-17)22(27)25-11-4-5-21(26)24-12-10-16-13-19(29-2)20(30-3)14-18(16)23/h6-9,13-14H,4-5,10-12H2,1-3H3,(H,24,26)(H,25,27). The molecule has 2 amide bonds. The first kappa shape index (κ1) is 23.5. The molecule has 0 atom stereocenters. The van der Waals surface area contributed by atoms with Crippen LogP contribution < -0.4 is 24.8 Å². The molecule has 0 heterocycles. The molecule has 2 aromatic carbocycles. The van der Waals surface area contributed by atoms with E-state index in [1.165, 1.54) is 0 Å². The number of rotatable bonds is 11. The zero-order valence-electron chi connectivity index (χ0n) is 17.4. The summed E-state index contributed by atoms with van der Waals surface area (Å²) in [4.78, 5) is 24.1. The summed E-state index contributed by atoms with van der Waals surface area (Å²) in [6.45, 7) is 0.935. The van der Waals surface area contributed by atoms with Crippen LogP contribution in [0.25, 0.3) is 0 Å². The fraction of sp³-hybridized carbons (Fsp3) is 0.364. The molecule has 0 fully saturated rings. The summed E-state index contributed by atoms with van der Waals surface area (Å²) in [5.74, 6) is 1.77. The maximum absolute atomic E-state index is 12.1. The molecule has 7 nitrogen and oxygen atoms in total. The summed E-state index contributed by atoms with van der Waals surface area (Å²) in [5.41, 5.74) is 1.57. The highest BCUT2D eigenvalue weighted by Crippen LogP contribution is 2.33. The lowest BCUT2D eigenvalue weighted by Gasteiger charge is -2.12. The number of hydrogen-bond acceptors (Lipinski definition) is 5. The highest BCUT2D eigenvalue weighted by Gasteiger charge is 2.10. The van der Waals surface area contributed by atoms with E-state index in [4.69, 9.17) is 14.2 Å². The molecule has 0 aliphatic rings. The molecule has 0 aromatic heterocycles. The highest BCUT2D eigenvalue weighted by molar-refractivity contribution is 9.10. The molecular formula is C22H27BrN2O5. The van der Waals surface area contributed by atoms with E-state index in [0.29, 0.717) is 55.2 Å². The number of amides is 2. The summed E-state index contributed by atoms with van der Waals surface area (Å²) < 4.78 is 16.5. The Morgan fingerprint density at radius 2 is 1.57 bits per heavy atom. The third-order valence-electron chi connectivity index (χ3n) is 4.49. The molecule has 0 aliphatic carbocycles. The molecule has 162 valence electrons. The highest BCUT2D eigenvalue weighted by atomic mass is 79.9. The van der Waals surface area contributed by atoms with Gasteiger partial charge in [0.05, 0.1) is 21.3 Å². The van der Waals surface area contributed by atoms with Crippen LogP contribution >= 0.6 is 15.9 Å². The van der Waals surface area contributed by atoms with Crippen LogP contribution in [0, 0.1) is 0 Å². The van der Waals surface area contributed by atoms with Gasteiger partial charge < -0.3 is 24.8 Å². The van der Waals surface area contributed by atoms with Crippen molar-refractivity contribution in [3.05, 3.63) is 52.0 Å². The predicted molar refractivity (Wildman–Crippen MR) is 119 cm³/mol. The largest absolute Gasteiger partial charge is 0.497 e. The van der Waals surface area contributed by atoms with E-state index in [9.17, 15) is 9.59 Å². The van der Waals surface area contributed by atoms with Crippen LogP contribution in [-0.4, -0.2) is 46.2 Å². The van der Waals surface area contributed by atoms with Gasteiger partial charge in [-0.3, -0.25) is 9.59 Å². The fourth-order valence-electron chi connectivity index (χ4n) is 2.81. The van der Waals surface area contributed by atoms with Crippen molar-refractivity contribution in [2.24, 2.45) is 0 Å². The molecule has 2 rings (SSSR count). The molecule has 2 aromatic rings. The Hall–Kier alpha value is -2.74. The van der Waals surface area contributed by atoms with Gasteiger partial charge in [-0.05, 0) is 54.8 Å². The third-order valence-corrected chi connectivity index (χ3v) is 5.23. The Balaban J connectivity index is 1.68. The maximum atomic E-state index is 12.1. The van der Waals surface area contributed by atoms with Crippen LogP contribution in [0.1, 0.15) is 28.8 Å². The molecule has 0 unspecified atom stereocenters. The van der Waals surface area contributed by atoms with Crippen molar-refractivity contribution >= 4 is 27.7 Å². The van der Waals surface area contributed by atoms with Crippen molar-refractivity contribution in [1.29, 1.82) is 0 Å². The first-order chi connectivity index (χ1) is 14.5. The van der Waals surface area contributed by atoms with E-state index in [0.717, 1.165) is 10.0 Å². The van der Waals surface area contributed by atoms with Gasteiger partial charge in [0, 0.05) is 29.5 Å². The topological polar surface area (TPSA) is 85.9 Å².